The third-order valence-electron chi connectivity index (χ3n) is 11.1. The van der Waals surface area contributed by atoms with E-state index in [1.54, 1.807) is 84.7 Å². The van der Waals surface area contributed by atoms with Crippen LogP contribution in [-0.4, -0.2) is 57.0 Å². The summed E-state index contributed by atoms with van der Waals surface area (Å²) in [5.41, 5.74) is 4.89. The zero-order valence-corrected chi connectivity index (χ0v) is 35.3. The minimum atomic E-state index is -1.21. The zero-order valence-electron chi connectivity index (χ0n) is 35.3. The van der Waals surface area contributed by atoms with E-state index >= 15 is 0 Å². The van der Waals surface area contributed by atoms with Gasteiger partial charge in [0.15, 0.2) is 0 Å². The Bertz CT molecular complexity index is 3500. The van der Waals surface area contributed by atoms with Gasteiger partial charge in [0.2, 0.25) is 11.8 Å². The number of carbonyl (C=O) groups excluding carboxylic acids is 1. The number of esters is 1. The molecule has 0 aliphatic rings. The number of pyridine rings is 2. The largest absolute Gasteiger partial charge is 0.481 e. The molecule has 0 atom stereocenters. The fourth-order valence-electron chi connectivity index (χ4n) is 8.40. The molecule has 0 spiro atoms. The highest BCUT2D eigenvalue weighted by Gasteiger charge is 2.31. The van der Waals surface area contributed by atoms with E-state index in [1.807, 2.05) is 6.07 Å². The lowest BCUT2D eigenvalue weighted by Crippen LogP contribution is -2.15. The second-order valence-corrected chi connectivity index (χ2v) is 14.8. The number of fused-ring (bicyclic) bond motifs is 6. The number of hydrogen-bond acceptors (Lipinski definition) is 9. The molecule has 1 N–H and O–H groups in total. The van der Waals surface area contributed by atoms with Crippen LogP contribution in [0.5, 0.6) is 11.8 Å². The number of halogens is 4. The molecule has 0 fully saturated rings. The molecule has 12 nitrogen and oxygen atoms in total. The van der Waals surface area contributed by atoms with Gasteiger partial charge in [-0.2, -0.15) is 0 Å². The average Bonchev–Trinajstić information content (AvgIpc) is 4.12. The van der Waals surface area contributed by atoms with Crippen LogP contribution < -0.4 is 9.47 Å². The summed E-state index contributed by atoms with van der Waals surface area (Å²) in [6.07, 6.45) is 6.22. The number of methoxy groups -OCH3 is 2. The van der Waals surface area contributed by atoms with Crippen LogP contribution in [0.25, 0.3) is 66.0 Å². The van der Waals surface area contributed by atoms with E-state index in [9.17, 15) is 32.3 Å². The smallest absolute Gasteiger partial charge is 0.355 e. The van der Waals surface area contributed by atoms with Crippen molar-refractivity contribution >= 4 is 55.7 Å². The Hall–Kier alpha value is -8.40. The first-order valence-electron chi connectivity index (χ1n) is 20.3. The number of benzene rings is 4. The first kappa shape index (κ1) is 50.0. The molecule has 0 saturated heterocycles. The molecule has 356 valence electrons. The molecule has 69 heavy (non-hydrogen) atoms. The number of nitrogens with zero attached hydrogens (tertiary/aromatic N) is 4. The Morgan fingerprint density at radius 3 is 1.49 bits per heavy atom. The molecule has 4 aromatic carbocycles. The predicted octanol–water partition coefficient (Wildman–Crippen LogP) is 13.4. The highest BCUT2D eigenvalue weighted by atomic mass is 19.1. The fourth-order valence-corrected chi connectivity index (χ4v) is 8.40. The molecule has 6 aromatic heterocycles. The molecule has 0 bridgehead atoms. The van der Waals surface area contributed by atoms with Crippen molar-refractivity contribution < 1.29 is 55.3 Å². The summed E-state index contributed by atoms with van der Waals surface area (Å²) < 4.78 is 86.7. The summed E-state index contributed by atoms with van der Waals surface area (Å²) in [4.78, 5) is 34.4. The lowest BCUT2D eigenvalue weighted by molar-refractivity contribution is 0.0515. The van der Waals surface area contributed by atoms with Gasteiger partial charge in [-0.3, -0.25) is 0 Å². The van der Waals surface area contributed by atoms with E-state index in [4.69, 9.17) is 23.0 Å². The Morgan fingerprint density at radius 2 is 1.07 bits per heavy atom. The maximum atomic E-state index is 14.7. The van der Waals surface area contributed by atoms with Crippen molar-refractivity contribution in [3.8, 4) is 34.0 Å². The first-order chi connectivity index (χ1) is 32.0. The summed E-state index contributed by atoms with van der Waals surface area (Å²) in [7, 11) is 2.95. The van der Waals surface area contributed by atoms with Crippen molar-refractivity contribution in [2.75, 3.05) is 20.8 Å². The third-order valence-corrected chi connectivity index (χ3v) is 11.1. The van der Waals surface area contributed by atoms with E-state index in [-0.39, 0.29) is 70.4 Å². The molecular weight excluding hydrogens is 897 g/mol. The van der Waals surface area contributed by atoms with Gasteiger partial charge in [0.05, 0.1) is 57.5 Å². The number of carbonyl (C=O) groups is 2. The van der Waals surface area contributed by atoms with Crippen LogP contribution in [-0.2, 0) is 17.8 Å². The van der Waals surface area contributed by atoms with E-state index in [1.165, 1.54) is 43.2 Å². The van der Waals surface area contributed by atoms with Crippen LogP contribution in [0.15, 0.2) is 131 Å². The number of aromatic nitrogens is 4. The van der Waals surface area contributed by atoms with Crippen molar-refractivity contribution in [1.82, 2.24) is 19.1 Å². The topological polar surface area (TPSA) is 144 Å². The standard InChI is InChI=1S/C26H20F2N2O4.C24H16F2N2O4.3CH4/c1-3-33-26(31)24-23(18-5-4-11-29-25(18)32-2)22-17-10-12-34-21(17)9-8-20(22)30(24)14-15-6-7-16(27)13-19(15)28;1-31-23-16(3-2-9-27-23)21-20-15-8-10-32-19(15)7-6-18(20)28(22(21)24(29)30)12-13-4-5-14(25)11-17(13)26;;;/h4-13H,3,14H2,1-2H3;2-11H,12H2,1H3,(H,29,30);3*1H4. The van der Waals surface area contributed by atoms with Gasteiger partial charge in [0, 0.05) is 79.5 Å². The summed E-state index contributed by atoms with van der Waals surface area (Å²) in [5, 5.41) is 13.0. The molecule has 0 unspecified atom stereocenters. The predicted molar refractivity (Wildman–Crippen MR) is 257 cm³/mol. The Labute approximate surface area is 393 Å². The van der Waals surface area contributed by atoms with E-state index < -0.39 is 35.2 Å². The molecule has 10 aromatic rings. The normalized spacial score (nSPS) is 10.8. The molecule has 0 aliphatic heterocycles. The number of ether oxygens (including phenoxy) is 3. The summed E-state index contributed by atoms with van der Waals surface area (Å²) >= 11 is 0. The quantitative estimate of drug-likeness (QED) is 0.0983. The van der Waals surface area contributed by atoms with Gasteiger partial charge >= 0.3 is 11.9 Å². The highest BCUT2D eigenvalue weighted by molar-refractivity contribution is 6.19. The Morgan fingerprint density at radius 1 is 0.623 bits per heavy atom. The van der Waals surface area contributed by atoms with Gasteiger partial charge < -0.3 is 37.3 Å². The van der Waals surface area contributed by atoms with Crippen molar-refractivity contribution in [1.29, 1.82) is 0 Å². The van der Waals surface area contributed by atoms with Gasteiger partial charge in [-0.25, -0.2) is 37.1 Å². The van der Waals surface area contributed by atoms with Gasteiger partial charge in [-0.15, -0.1) is 0 Å². The summed E-state index contributed by atoms with van der Waals surface area (Å²) in [5.74, 6) is -4.06. The molecule has 6 heterocycles. The monoisotopic (exact) mass is 944 g/mol. The van der Waals surface area contributed by atoms with Crippen LogP contribution in [0.3, 0.4) is 0 Å². The van der Waals surface area contributed by atoms with Crippen LogP contribution in [0.4, 0.5) is 17.6 Å². The van der Waals surface area contributed by atoms with Crippen molar-refractivity contribution in [2.45, 2.75) is 42.3 Å². The maximum Gasteiger partial charge on any atom is 0.355 e. The van der Waals surface area contributed by atoms with Crippen LogP contribution in [0, 0.1) is 23.3 Å². The fraction of sp³-hybridized carbons (Fsp3) is 0.170. The van der Waals surface area contributed by atoms with Crippen molar-refractivity contribution in [3.63, 3.8) is 0 Å². The summed E-state index contributed by atoms with van der Waals surface area (Å²) in [6.45, 7) is 1.72. The van der Waals surface area contributed by atoms with E-state index in [2.05, 4.69) is 9.97 Å². The molecule has 0 aliphatic carbocycles. The molecule has 16 heteroatoms. The van der Waals surface area contributed by atoms with Crippen LogP contribution >= 0.6 is 0 Å². The molecule has 0 amide bonds. The zero-order chi connectivity index (χ0) is 46.2. The first-order valence-corrected chi connectivity index (χ1v) is 20.3. The number of rotatable bonds is 11. The molecule has 0 saturated carbocycles. The van der Waals surface area contributed by atoms with Gasteiger partial charge in [0.25, 0.3) is 0 Å². The molecule has 0 radical (unpaired) electrons. The van der Waals surface area contributed by atoms with Crippen LogP contribution in [0.2, 0.25) is 0 Å². The second kappa shape index (κ2) is 20.6. The summed E-state index contributed by atoms with van der Waals surface area (Å²) in [6, 6.07) is 24.1. The average molecular weight is 945 g/mol. The Kier molecular flexibility index (Phi) is 15.0. The number of carboxylic acid groups (broad SMARTS) is 1. The number of furan rings is 2. The van der Waals surface area contributed by atoms with Gasteiger partial charge in [-0.1, -0.05) is 34.4 Å². The SMILES string of the molecule is C.C.C.CCOC(=O)c1c(-c2cccnc2OC)c2c3ccoc3ccc2n1Cc1ccc(F)cc1F.COc1ncccc1-c1c(C(=O)O)n(Cc2ccc(F)cc2F)c2ccc3occc3c12. The third kappa shape index (κ3) is 8.95. The molecular formula is C53H48F4N4O8. The van der Waals surface area contributed by atoms with Crippen molar-refractivity contribution in [2.24, 2.45) is 0 Å². The van der Waals surface area contributed by atoms with Gasteiger partial charge in [-0.05, 0) is 79.7 Å². The highest BCUT2D eigenvalue weighted by Crippen LogP contribution is 2.45. The van der Waals surface area contributed by atoms with E-state index in [0.717, 1.165) is 23.6 Å². The number of hydrogen-bond donors (Lipinski definition) is 1. The van der Waals surface area contributed by atoms with Crippen molar-refractivity contribution in [3.05, 3.63) is 168 Å². The maximum absolute atomic E-state index is 14.7. The van der Waals surface area contributed by atoms with Crippen LogP contribution in [0.1, 0.15) is 61.3 Å². The minimum Gasteiger partial charge on any atom is -0.481 e. The number of aromatic carboxylic acids is 1. The second-order valence-electron chi connectivity index (χ2n) is 14.8. The molecule has 10 rings (SSSR count). The Balaban J connectivity index is 0.000000218. The van der Waals surface area contributed by atoms with E-state index in [0.29, 0.717) is 66.5 Å². The minimum absolute atomic E-state index is 0. The number of carboxylic acids is 1. The lowest BCUT2D eigenvalue weighted by Gasteiger charge is -2.13. The van der Waals surface area contributed by atoms with Gasteiger partial charge in [0.1, 0.15) is 45.8 Å². The lowest BCUT2D eigenvalue weighted by atomic mass is 10.0.